The third kappa shape index (κ3) is 3.11. The van der Waals surface area contributed by atoms with Gasteiger partial charge in [-0.25, -0.2) is 4.68 Å². The molecular formula is C17H20N6. The molecule has 0 aliphatic heterocycles. The summed E-state index contributed by atoms with van der Waals surface area (Å²) in [6, 6.07) is 12.4. The number of hydrogen-bond acceptors (Lipinski definition) is 4. The van der Waals surface area contributed by atoms with E-state index in [0.29, 0.717) is 6.54 Å². The lowest BCUT2D eigenvalue weighted by Crippen LogP contribution is -2.09. The maximum absolute atomic E-state index is 4.80. The number of rotatable bonds is 6. The first-order valence-corrected chi connectivity index (χ1v) is 8.01. The number of para-hydroxylation sites is 1. The molecule has 3 aromatic rings. The summed E-state index contributed by atoms with van der Waals surface area (Å²) in [5.41, 5.74) is 3.26. The van der Waals surface area contributed by atoms with Gasteiger partial charge < -0.3 is 5.32 Å². The minimum absolute atomic E-state index is 0.672. The van der Waals surface area contributed by atoms with E-state index in [1.54, 1.807) is 10.9 Å². The first-order valence-electron chi connectivity index (χ1n) is 8.01. The van der Waals surface area contributed by atoms with Gasteiger partial charge in [0.05, 0.1) is 29.8 Å². The van der Waals surface area contributed by atoms with Crippen LogP contribution in [0.3, 0.4) is 0 Å². The van der Waals surface area contributed by atoms with Crippen LogP contribution in [0.2, 0.25) is 0 Å². The maximum atomic E-state index is 4.80. The molecule has 4 rings (SSSR count). The van der Waals surface area contributed by atoms with Crippen molar-refractivity contribution in [3.63, 3.8) is 0 Å². The standard InChI is InChI=1S/C17H20N6/c1-22-16(12-19-21-22)11-18-17-10-14(9-13-7-8-13)20-23(17)15-5-3-2-4-6-15/h2-6,10,12-13,18H,7-9,11H2,1H3. The van der Waals surface area contributed by atoms with Gasteiger partial charge in [-0.1, -0.05) is 23.4 Å². The number of aryl methyl sites for hydroxylation is 1. The van der Waals surface area contributed by atoms with Crippen molar-refractivity contribution in [1.29, 1.82) is 0 Å². The van der Waals surface area contributed by atoms with Crippen LogP contribution in [-0.4, -0.2) is 24.8 Å². The number of hydrogen-bond donors (Lipinski definition) is 1. The predicted molar refractivity (Wildman–Crippen MR) is 88.3 cm³/mol. The number of nitrogens with zero attached hydrogens (tertiary/aromatic N) is 5. The van der Waals surface area contributed by atoms with Crippen LogP contribution in [0.1, 0.15) is 24.2 Å². The fourth-order valence-electron chi connectivity index (χ4n) is 2.69. The van der Waals surface area contributed by atoms with Crippen molar-refractivity contribution in [3.05, 3.63) is 54.0 Å². The summed E-state index contributed by atoms with van der Waals surface area (Å²) in [5.74, 6) is 1.83. The van der Waals surface area contributed by atoms with Crippen molar-refractivity contribution >= 4 is 5.82 Å². The molecule has 6 nitrogen and oxygen atoms in total. The van der Waals surface area contributed by atoms with Crippen LogP contribution in [0.5, 0.6) is 0 Å². The SMILES string of the molecule is Cn1nncc1CNc1cc(CC2CC2)nn1-c1ccccc1. The quantitative estimate of drug-likeness (QED) is 0.760. The van der Waals surface area contributed by atoms with E-state index in [-0.39, 0.29) is 0 Å². The molecule has 2 heterocycles. The fourth-order valence-corrected chi connectivity index (χ4v) is 2.69. The molecule has 1 fully saturated rings. The van der Waals surface area contributed by atoms with Gasteiger partial charge in [0.25, 0.3) is 0 Å². The highest BCUT2D eigenvalue weighted by Gasteiger charge is 2.23. The Hall–Kier alpha value is -2.63. The lowest BCUT2D eigenvalue weighted by Gasteiger charge is -2.09. The minimum Gasteiger partial charge on any atom is -0.364 e. The van der Waals surface area contributed by atoms with Crippen molar-refractivity contribution in [2.45, 2.75) is 25.8 Å². The normalized spacial score (nSPS) is 14.1. The van der Waals surface area contributed by atoms with Crippen LogP contribution in [0, 0.1) is 5.92 Å². The van der Waals surface area contributed by atoms with E-state index in [9.17, 15) is 0 Å². The summed E-state index contributed by atoms with van der Waals surface area (Å²) in [4.78, 5) is 0. The van der Waals surface area contributed by atoms with E-state index in [4.69, 9.17) is 5.10 Å². The molecule has 6 heteroatoms. The summed E-state index contributed by atoms with van der Waals surface area (Å²) in [6.45, 7) is 0.672. The topological polar surface area (TPSA) is 60.6 Å². The Labute approximate surface area is 135 Å². The maximum Gasteiger partial charge on any atom is 0.130 e. The Kier molecular flexibility index (Phi) is 3.57. The van der Waals surface area contributed by atoms with E-state index in [1.807, 2.05) is 29.9 Å². The first kappa shape index (κ1) is 14.0. The van der Waals surface area contributed by atoms with E-state index >= 15 is 0 Å². The molecule has 0 amide bonds. The molecule has 0 saturated heterocycles. The Balaban J connectivity index is 1.60. The molecule has 118 valence electrons. The largest absolute Gasteiger partial charge is 0.364 e. The molecule has 23 heavy (non-hydrogen) atoms. The molecular weight excluding hydrogens is 288 g/mol. The Morgan fingerprint density at radius 2 is 2.04 bits per heavy atom. The van der Waals surface area contributed by atoms with Crippen LogP contribution >= 0.6 is 0 Å². The van der Waals surface area contributed by atoms with Crippen LogP contribution in [-0.2, 0) is 20.0 Å². The fraction of sp³-hybridized carbons (Fsp3) is 0.353. The molecule has 0 atom stereocenters. The van der Waals surface area contributed by atoms with Crippen molar-refractivity contribution in [3.8, 4) is 5.69 Å². The molecule has 1 aliphatic carbocycles. The summed E-state index contributed by atoms with van der Waals surface area (Å²) in [7, 11) is 1.90. The monoisotopic (exact) mass is 308 g/mol. The van der Waals surface area contributed by atoms with Crippen LogP contribution < -0.4 is 5.32 Å². The summed E-state index contributed by atoms with van der Waals surface area (Å²) >= 11 is 0. The van der Waals surface area contributed by atoms with E-state index in [2.05, 4.69) is 33.8 Å². The summed E-state index contributed by atoms with van der Waals surface area (Å²) in [6.07, 6.45) is 5.52. The van der Waals surface area contributed by atoms with Gasteiger partial charge in [0.2, 0.25) is 0 Å². The molecule has 0 unspecified atom stereocenters. The second-order valence-corrected chi connectivity index (χ2v) is 6.12. The lowest BCUT2D eigenvalue weighted by molar-refractivity contribution is 0.682. The zero-order valence-electron chi connectivity index (χ0n) is 13.2. The third-order valence-electron chi connectivity index (χ3n) is 4.21. The molecule has 1 saturated carbocycles. The molecule has 0 spiro atoms. The van der Waals surface area contributed by atoms with Crippen molar-refractivity contribution in [2.75, 3.05) is 5.32 Å². The smallest absolute Gasteiger partial charge is 0.130 e. The van der Waals surface area contributed by atoms with Crippen LogP contribution in [0.4, 0.5) is 5.82 Å². The third-order valence-corrected chi connectivity index (χ3v) is 4.21. The van der Waals surface area contributed by atoms with Gasteiger partial charge in [-0.05, 0) is 37.3 Å². The van der Waals surface area contributed by atoms with Gasteiger partial charge in [-0.3, -0.25) is 4.68 Å². The van der Waals surface area contributed by atoms with Gasteiger partial charge >= 0.3 is 0 Å². The molecule has 1 aliphatic rings. The van der Waals surface area contributed by atoms with Gasteiger partial charge in [-0.15, -0.1) is 5.10 Å². The van der Waals surface area contributed by atoms with Crippen LogP contribution in [0.25, 0.3) is 5.69 Å². The average Bonchev–Trinajstić information content (AvgIpc) is 3.14. The molecule has 2 aromatic heterocycles. The zero-order chi connectivity index (χ0) is 15.6. The number of nitrogens with one attached hydrogen (secondary N) is 1. The Morgan fingerprint density at radius 3 is 2.74 bits per heavy atom. The highest BCUT2D eigenvalue weighted by molar-refractivity contribution is 5.46. The summed E-state index contributed by atoms with van der Waals surface area (Å²) < 4.78 is 3.77. The predicted octanol–water partition coefficient (Wildman–Crippen LogP) is 2.57. The Morgan fingerprint density at radius 1 is 1.22 bits per heavy atom. The zero-order valence-corrected chi connectivity index (χ0v) is 13.2. The molecule has 1 N–H and O–H groups in total. The summed E-state index contributed by atoms with van der Waals surface area (Å²) in [5, 5.41) is 16.2. The van der Waals surface area contributed by atoms with Crippen molar-refractivity contribution in [2.24, 2.45) is 13.0 Å². The Bertz CT molecular complexity index is 785. The molecule has 0 bridgehead atoms. The highest BCUT2D eigenvalue weighted by Crippen LogP contribution is 2.33. The number of benzene rings is 1. The first-order chi connectivity index (χ1) is 11.3. The second kappa shape index (κ2) is 5.87. The van der Waals surface area contributed by atoms with Crippen molar-refractivity contribution < 1.29 is 0 Å². The van der Waals surface area contributed by atoms with E-state index in [0.717, 1.165) is 35.2 Å². The van der Waals surface area contributed by atoms with Gasteiger partial charge in [0.1, 0.15) is 5.82 Å². The second-order valence-electron chi connectivity index (χ2n) is 6.12. The number of aromatic nitrogens is 5. The van der Waals surface area contributed by atoms with Gasteiger partial charge in [0, 0.05) is 13.1 Å². The van der Waals surface area contributed by atoms with Gasteiger partial charge in [-0.2, -0.15) is 5.10 Å². The molecule has 1 aromatic carbocycles. The average molecular weight is 308 g/mol. The highest BCUT2D eigenvalue weighted by atomic mass is 15.4. The van der Waals surface area contributed by atoms with Crippen LogP contribution in [0.15, 0.2) is 42.6 Å². The van der Waals surface area contributed by atoms with E-state index in [1.165, 1.54) is 12.8 Å². The minimum atomic E-state index is 0.672. The number of anilines is 1. The van der Waals surface area contributed by atoms with Gasteiger partial charge in [0.15, 0.2) is 0 Å². The van der Waals surface area contributed by atoms with E-state index < -0.39 is 0 Å². The lowest BCUT2D eigenvalue weighted by atomic mass is 10.2. The van der Waals surface area contributed by atoms with Crippen molar-refractivity contribution in [1.82, 2.24) is 24.8 Å². The molecule has 0 radical (unpaired) electrons.